The van der Waals surface area contributed by atoms with Crippen molar-refractivity contribution >= 4 is 39.2 Å². The van der Waals surface area contributed by atoms with Crippen molar-refractivity contribution in [3.63, 3.8) is 0 Å². The first-order chi connectivity index (χ1) is 17.9. The third-order valence-corrected chi connectivity index (χ3v) is 7.50. The van der Waals surface area contributed by atoms with Crippen molar-refractivity contribution in [2.24, 2.45) is 0 Å². The Kier molecular flexibility index (Phi) is 7.32. The molecule has 3 heterocycles. The van der Waals surface area contributed by atoms with Gasteiger partial charge in [-0.1, -0.05) is 18.2 Å². The summed E-state index contributed by atoms with van der Waals surface area (Å²) >= 11 is 3.14. The Bertz CT molecular complexity index is 1440. The highest BCUT2D eigenvalue weighted by molar-refractivity contribution is 9.10. The molecule has 5 rings (SSSR count). The Labute approximate surface area is 222 Å². The largest absolute Gasteiger partial charge is 0.337 e. The lowest BCUT2D eigenvalue weighted by Gasteiger charge is -2.32. The average Bonchev–Trinajstić information content (AvgIpc) is 3.25. The van der Waals surface area contributed by atoms with E-state index >= 15 is 0 Å². The highest BCUT2D eigenvalue weighted by Crippen LogP contribution is 2.30. The summed E-state index contributed by atoms with van der Waals surface area (Å²) in [5.74, 6) is 0.436. The average molecular weight is 564 g/mol. The predicted molar refractivity (Wildman–Crippen MR) is 143 cm³/mol. The molecule has 1 fully saturated rings. The van der Waals surface area contributed by atoms with Crippen LogP contribution >= 0.6 is 15.9 Å². The maximum absolute atomic E-state index is 13.7. The number of nitrogens with one attached hydrogen (secondary N) is 1. The van der Waals surface area contributed by atoms with Crippen LogP contribution in [0.1, 0.15) is 52.5 Å². The predicted octanol–water partition coefficient (Wildman–Crippen LogP) is 5.53. The number of benzene rings is 2. The second-order valence-corrected chi connectivity index (χ2v) is 10.2. The van der Waals surface area contributed by atoms with Crippen LogP contribution in [0.4, 0.5) is 10.1 Å². The van der Waals surface area contributed by atoms with E-state index in [2.05, 4.69) is 31.2 Å². The van der Waals surface area contributed by atoms with E-state index in [0.29, 0.717) is 47.1 Å². The fraction of sp³-hybridized carbons (Fsp3) is 0.286. The number of carbonyl (C=O) groups excluding carboxylic acids is 2. The first-order valence-corrected chi connectivity index (χ1v) is 13.1. The van der Waals surface area contributed by atoms with Crippen LogP contribution in [0, 0.1) is 12.7 Å². The molecule has 0 unspecified atom stereocenters. The number of carbonyl (C=O) groups is 2. The van der Waals surface area contributed by atoms with Crippen LogP contribution in [-0.4, -0.2) is 44.2 Å². The van der Waals surface area contributed by atoms with Crippen LogP contribution < -0.4 is 5.32 Å². The topological polar surface area (TPSA) is 79.6 Å². The molecule has 1 saturated heterocycles. The van der Waals surface area contributed by atoms with E-state index < -0.39 is 0 Å². The van der Waals surface area contributed by atoms with Gasteiger partial charge in [-0.3, -0.25) is 14.0 Å². The third-order valence-electron chi connectivity index (χ3n) is 6.85. The number of imidazole rings is 1. The van der Waals surface area contributed by atoms with E-state index in [1.807, 2.05) is 48.4 Å². The number of rotatable bonds is 6. The molecule has 0 aliphatic carbocycles. The molecule has 4 aromatic rings. The molecule has 1 N–H and O–H groups in total. The minimum absolute atomic E-state index is 0.0135. The lowest BCUT2D eigenvalue weighted by Crippen LogP contribution is -2.38. The van der Waals surface area contributed by atoms with Crippen molar-refractivity contribution in [1.82, 2.24) is 19.3 Å². The Hall–Kier alpha value is -3.59. The number of fused-ring (bicyclic) bond motifs is 1. The molecule has 0 atom stereocenters. The van der Waals surface area contributed by atoms with Crippen LogP contribution in [0.5, 0.6) is 0 Å². The van der Waals surface area contributed by atoms with Gasteiger partial charge in [-0.05, 0) is 89.5 Å². The van der Waals surface area contributed by atoms with Crippen LogP contribution in [-0.2, 0) is 11.2 Å². The molecule has 0 radical (unpaired) electrons. The number of piperidine rings is 1. The maximum Gasteiger partial charge on any atom is 0.272 e. The third kappa shape index (κ3) is 5.56. The van der Waals surface area contributed by atoms with Crippen molar-refractivity contribution in [2.45, 2.75) is 38.5 Å². The number of amides is 2. The quantitative estimate of drug-likeness (QED) is 0.334. The van der Waals surface area contributed by atoms with Crippen molar-refractivity contribution in [3.05, 3.63) is 93.7 Å². The van der Waals surface area contributed by atoms with E-state index in [-0.39, 0.29) is 24.1 Å². The van der Waals surface area contributed by atoms with Crippen LogP contribution in [0.2, 0.25) is 0 Å². The van der Waals surface area contributed by atoms with Gasteiger partial charge in [0, 0.05) is 37.6 Å². The molecule has 0 spiro atoms. The number of nitrogens with zero attached hydrogens (tertiary/aromatic N) is 4. The van der Waals surface area contributed by atoms with Gasteiger partial charge in [0.25, 0.3) is 5.91 Å². The molecular formula is C28H27BrFN5O2. The summed E-state index contributed by atoms with van der Waals surface area (Å²) in [7, 11) is 0. The molecule has 2 aromatic heterocycles. The molecule has 2 amide bonds. The van der Waals surface area contributed by atoms with E-state index in [4.69, 9.17) is 0 Å². The van der Waals surface area contributed by atoms with Gasteiger partial charge in [0.05, 0.1) is 10.2 Å². The highest BCUT2D eigenvalue weighted by Gasteiger charge is 2.28. The lowest BCUT2D eigenvalue weighted by atomic mass is 9.89. The van der Waals surface area contributed by atoms with E-state index in [0.717, 1.165) is 24.1 Å². The van der Waals surface area contributed by atoms with Crippen LogP contribution in [0.15, 0.2) is 65.4 Å². The smallest absolute Gasteiger partial charge is 0.272 e. The zero-order valence-electron chi connectivity index (χ0n) is 20.5. The van der Waals surface area contributed by atoms with Crippen molar-refractivity contribution < 1.29 is 14.0 Å². The Morgan fingerprint density at radius 3 is 2.62 bits per heavy atom. The minimum atomic E-state index is -0.327. The Morgan fingerprint density at radius 1 is 1.14 bits per heavy atom. The number of anilines is 1. The normalized spacial score (nSPS) is 14.2. The molecule has 190 valence electrons. The van der Waals surface area contributed by atoms with Crippen LogP contribution in [0.3, 0.4) is 0 Å². The summed E-state index contributed by atoms with van der Waals surface area (Å²) in [5, 5.41) is 2.92. The fourth-order valence-electron chi connectivity index (χ4n) is 4.84. The van der Waals surface area contributed by atoms with Crippen molar-refractivity contribution in [3.8, 4) is 0 Å². The first-order valence-electron chi connectivity index (χ1n) is 12.3. The summed E-state index contributed by atoms with van der Waals surface area (Å²) in [6.45, 7) is 3.19. The molecule has 0 bridgehead atoms. The van der Waals surface area contributed by atoms with Gasteiger partial charge in [-0.2, -0.15) is 0 Å². The monoisotopic (exact) mass is 563 g/mol. The molecule has 0 saturated carbocycles. The van der Waals surface area contributed by atoms with Gasteiger partial charge in [0.1, 0.15) is 11.5 Å². The SMILES string of the molecule is Cc1nc2ncccn2c1C(=O)N1CCC(c2ccc(NC(=O)CCc3ccc(Br)c(F)c3)cc2)CC1. The van der Waals surface area contributed by atoms with Gasteiger partial charge < -0.3 is 10.2 Å². The molecule has 37 heavy (non-hydrogen) atoms. The summed E-state index contributed by atoms with van der Waals surface area (Å²) < 4.78 is 15.8. The van der Waals surface area contributed by atoms with Crippen molar-refractivity contribution in [1.29, 1.82) is 0 Å². The van der Waals surface area contributed by atoms with Gasteiger partial charge in [-0.25, -0.2) is 14.4 Å². The standard InChI is InChI=1S/C28H27BrFN5O2/c1-18-26(35-14-2-13-31-28(35)32-18)27(37)34-15-11-21(12-16-34)20-5-7-22(8-6-20)33-25(36)10-4-19-3-9-23(29)24(30)17-19/h2-3,5-9,13-14,17,21H,4,10-12,15-16H2,1H3,(H,33,36). The number of halogens is 2. The lowest BCUT2D eigenvalue weighted by molar-refractivity contribution is -0.116. The molecule has 1 aliphatic rings. The van der Waals surface area contributed by atoms with E-state index in [1.54, 1.807) is 22.7 Å². The van der Waals surface area contributed by atoms with Crippen LogP contribution in [0.25, 0.3) is 5.78 Å². The highest BCUT2D eigenvalue weighted by atomic mass is 79.9. The van der Waals surface area contributed by atoms with Crippen molar-refractivity contribution in [2.75, 3.05) is 18.4 Å². The maximum atomic E-state index is 13.7. The summed E-state index contributed by atoms with van der Waals surface area (Å²) in [4.78, 5) is 36.1. The first kappa shape index (κ1) is 25.1. The zero-order chi connectivity index (χ0) is 25.9. The number of aryl methyl sites for hydroxylation is 2. The summed E-state index contributed by atoms with van der Waals surface area (Å²) in [5.41, 5.74) is 3.98. The molecule has 2 aromatic carbocycles. The summed E-state index contributed by atoms with van der Waals surface area (Å²) in [6, 6.07) is 14.6. The van der Waals surface area contributed by atoms with Gasteiger partial charge in [0.15, 0.2) is 0 Å². The summed E-state index contributed by atoms with van der Waals surface area (Å²) in [6.07, 6.45) is 5.98. The second-order valence-electron chi connectivity index (χ2n) is 9.32. The molecular weight excluding hydrogens is 537 g/mol. The number of aromatic nitrogens is 3. The molecule has 1 aliphatic heterocycles. The Morgan fingerprint density at radius 2 is 1.89 bits per heavy atom. The Balaban J connectivity index is 1.14. The second kappa shape index (κ2) is 10.8. The molecule has 9 heteroatoms. The minimum Gasteiger partial charge on any atom is -0.337 e. The number of hydrogen-bond acceptors (Lipinski definition) is 4. The van der Waals surface area contributed by atoms with Gasteiger partial charge in [-0.15, -0.1) is 0 Å². The molecule has 7 nitrogen and oxygen atoms in total. The zero-order valence-corrected chi connectivity index (χ0v) is 22.0. The van der Waals surface area contributed by atoms with E-state index in [1.165, 1.54) is 11.6 Å². The fourth-order valence-corrected chi connectivity index (χ4v) is 5.08. The van der Waals surface area contributed by atoms with E-state index in [9.17, 15) is 14.0 Å². The van der Waals surface area contributed by atoms with Gasteiger partial charge >= 0.3 is 0 Å². The van der Waals surface area contributed by atoms with Gasteiger partial charge in [0.2, 0.25) is 11.7 Å². The number of hydrogen-bond donors (Lipinski definition) is 1. The number of likely N-dealkylation sites (tertiary alicyclic amines) is 1.